The van der Waals surface area contributed by atoms with Gasteiger partial charge in [-0.1, -0.05) is 28.5 Å². The van der Waals surface area contributed by atoms with Gasteiger partial charge in [-0.2, -0.15) is 4.98 Å². The van der Waals surface area contributed by atoms with E-state index in [9.17, 15) is 0 Å². The number of benzene rings is 2. The van der Waals surface area contributed by atoms with Crippen LogP contribution < -0.4 is 9.47 Å². The van der Waals surface area contributed by atoms with Crippen LogP contribution in [-0.2, 0) is 12.3 Å². The molecular formula is C21H20ClN5O3S. The molecule has 10 heteroatoms. The zero-order valence-corrected chi connectivity index (χ0v) is 18.8. The molecule has 0 spiro atoms. The summed E-state index contributed by atoms with van der Waals surface area (Å²) in [7, 11) is 3.18. The maximum atomic E-state index is 5.99. The molecule has 31 heavy (non-hydrogen) atoms. The van der Waals surface area contributed by atoms with Gasteiger partial charge in [0.05, 0.1) is 20.0 Å². The zero-order chi connectivity index (χ0) is 21.8. The molecule has 0 bridgehead atoms. The Kier molecular flexibility index (Phi) is 6.43. The highest BCUT2D eigenvalue weighted by Gasteiger charge is 2.16. The number of methoxy groups -OCH3 is 2. The summed E-state index contributed by atoms with van der Waals surface area (Å²) in [6.07, 6.45) is 0. The van der Waals surface area contributed by atoms with Gasteiger partial charge in [-0.3, -0.25) is 0 Å². The highest BCUT2D eigenvalue weighted by atomic mass is 35.5. The molecule has 160 valence electrons. The topological polar surface area (TPSA) is 88.1 Å². The molecular weight excluding hydrogens is 438 g/mol. The van der Waals surface area contributed by atoms with E-state index in [4.69, 9.17) is 25.6 Å². The van der Waals surface area contributed by atoms with Crippen molar-refractivity contribution >= 4 is 23.4 Å². The fraction of sp³-hybridized carbons (Fsp3) is 0.238. The second-order valence-electron chi connectivity index (χ2n) is 6.43. The predicted octanol–water partition coefficient (Wildman–Crippen LogP) is 4.98. The van der Waals surface area contributed by atoms with Gasteiger partial charge in [-0.15, -0.1) is 10.2 Å². The third-order valence-electron chi connectivity index (χ3n) is 4.57. The Morgan fingerprint density at radius 1 is 1.00 bits per heavy atom. The van der Waals surface area contributed by atoms with Gasteiger partial charge in [0.25, 0.3) is 0 Å². The molecule has 2 heterocycles. The Labute approximate surface area is 188 Å². The first kappa shape index (κ1) is 21.2. The number of hydrogen-bond donors (Lipinski definition) is 0. The summed E-state index contributed by atoms with van der Waals surface area (Å²) in [6.45, 7) is 2.78. The molecule has 0 N–H and O–H groups in total. The van der Waals surface area contributed by atoms with Gasteiger partial charge in [0.15, 0.2) is 22.5 Å². The second kappa shape index (κ2) is 9.40. The van der Waals surface area contributed by atoms with Crippen LogP contribution in [0.5, 0.6) is 11.5 Å². The van der Waals surface area contributed by atoms with Crippen molar-refractivity contribution in [3.63, 3.8) is 0 Å². The van der Waals surface area contributed by atoms with Crippen molar-refractivity contribution in [1.82, 2.24) is 24.9 Å². The number of ether oxygens (including phenoxy) is 2. The Hall–Kier alpha value is -3.04. The molecule has 0 saturated carbocycles. The summed E-state index contributed by atoms with van der Waals surface area (Å²) in [6, 6.07) is 13.0. The van der Waals surface area contributed by atoms with Crippen LogP contribution >= 0.6 is 23.4 Å². The lowest BCUT2D eigenvalue weighted by molar-refractivity contribution is 0.355. The number of rotatable bonds is 8. The molecule has 4 aromatic rings. The van der Waals surface area contributed by atoms with Gasteiger partial charge in [0, 0.05) is 22.7 Å². The van der Waals surface area contributed by atoms with Crippen molar-refractivity contribution in [2.45, 2.75) is 24.4 Å². The van der Waals surface area contributed by atoms with Crippen molar-refractivity contribution in [3.8, 4) is 34.3 Å². The standard InChI is InChI=1S/C21H20ClN5O3S/c1-4-27-20(13-5-8-15(22)9-6-13)24-25-21(27)31-12-18-23-19(26-30-18)14-7-10-16(28-2)17(11-14)29-3/h5-11H,4,12H2,1-3H3. The predicted molar refractivity (Wildman–Crippen MR) is 119 cm³/mol. The van der Waals surface area contributed by atoms with Crippen LogP contribution in [0.2, 0.25) is 5.02 Å². The summed E-state index contributed by atoms with van der Waals surface area (Å²) in [5, 5.41) is 14.2. The summed E-state index contributed by atoms with van der Waals surface area (Å²) in [5.74, 6) is 3.48. The number of aromatic nitrogens is 5. The minimum Gasteiger partial charge on any atom is -0.493 e. The SMILES string of the molecule is CCn1c(SCc2nc(-c3ccc(OC)c(OC)c3)no2)nnc1-c1ccc(Cl)cc1. The van der Waals surface area contributed by atoms with Crippen molar-refractivity contribution in [1.29, 1.82) is 0 Å². The molecule has 0 atom stereocenters. The van der Waals surface area contributed by atoms with Gasteiger partial charge in [0.2, 0.25) is 11.7 Å². The maximum absolute atomic E-state index is 5.99. The van der Waals surface area contributed by atoms with E-state index in [0.29, 0.717) is 34.0 Å². The highest BCUT2D eigenvalue weighted by molar-refractivity contribution is 7.98. The maximum Gasteiger partial charge on any atom is 0.237 e. The Morgan fingerprint density at radius 2 is 1.74 bits per heavy atom. The quantitative estimate of drug-likeness (QED) is 0.342. The molecule has 0 saturated heterocycles. The van der Waals surface area contributed by atoms with Gasteiger partial charge >= 0.3 is 0 Å². The van der Waals surface area contributed by atoms with Crippen molar-refractivity contribution in [2.24, 2.45) is 0 Å². The first-order valence-electron chi connectivity index (χ1n) is 9.49. The molecule has 0 aliphatic rings. The van der Waals surface area contributed by atoms with Gasteiger partial charge in [0.1, 0.15) is 0 Å². The lowest BCUT2D eigenvalue weighted by Gasteiger charge is -2.07. The van der Waals surface area contributed by atoms with E-state index < -0.39 is 0 Å². The monoisotopic (exact) mass is 457 g/mol. The molecule has 0 amide bonds. The van der Waals surface area contributed by atoms with Crippen LogP contribution in [0.3, 0.4) is 0 Å². The molecule has 2 aromatic carbocycles. The first-order valence-corrected chi connectivity index (χ1v) is 10.9. The normalized spacial score (nSPS) is 11.0. The van der Waals surface area contributed by atoms with Gasteiger partial charge in [-0.25, -0.2) is 0 Å². The molecule has 0 radical (unpaired) electrons. The molecule has 4 rings (SSSR count). The van der Waals surface area contributed by atoms with Crippen LogP contribution in [0.4, 0.5) is 0 Å². The van der Waals surface area contributed by atoms with E-state index in [2.05, 4.69) is 27.3 Å². The van der Waals surface area contributed by atoms with Crippen molar-refractivity contribution < 1.29 is 14.0 Å². The average Bonchev–Trinajstić information content (AvgIpc) is 3.44. The minimum absolute atomic E-state index is 0.471. The van der Waals surface area contributed by atoms with Crippen LogP contribution in [0.1, 0.15) is 12.8 Å². The average molecular weight is 458 g/mol. The van der Waals surface area contributed by atoms with Gasteiger partial charge < -0.3 is 18.6 Å². The van der Waals surface area contributed by atoms with E-state index in [-0.39, 0.29) is 0 Å². The van der Waals surface area contributed by atoms with Crippen molar-refractivity contribution in [2.75, 3.05) is 14.2 Å². The Morgan fingerprint density at radius 3 is 2.45 bits per heavy atom. The Balaban J connectivity index is 1.50. The van der Waals surface area contributed by atoms with E-state index in [1.165, 1.54) is 11.8 Å². The van der Waals surface area contributed by atoms with Gasteiger partial charge in [-0.05, 0) is 49.4 Å². The van der Waals surface area contributed by atoms with E-state index >= 15 is 0 Å². The largest absolute Gasteiger partial charge is 0.493 e. The number of thioether (sulfide) groups is 1. The van der Waals surface area contributed by atoms with Crippen molar-refractivity contribution in [3.05, 3.63) is 53.4 Å². The molecule has 0 fully saturated rings. The smallest absolute Gasteiger partial charge is 0.237 e. The van der Waals surface area contributed by atoms with Crippen LogP contribution in [0.15, 0.2) is 52.1 Å². The number of halogens is 1. The van der Waals surface area contributed by atoms with Crippen LogP contribution in [-0.4, -0.2) is 39.1 Å². The zero-order valence-electron chi connectivity index (χ0n) is 17.2. The lowest BCUT2D eigenvalue weighted by Crippen LogP contribution is -1.99. The first-order chi connectivity index (χ1) is 15.1. The highest BCUT2D eigenvalue weighted by Crippen LogP contribution is 2.32. The molecule has 0 aliphatic carbocycles. The number of nitrogens with zero attached hydrogens (tertiary/aromatic N) is 5. The lowest BCUT2D eigenvalue weighted by atomic mass is 10.2. The van der Waals surface area contributed by atoms with Crippen LogP contribution in [0, 0.1) is 0 Å². The van der Waals surface area contributed by atoms with Crippen LogP contribution in [0.25, 0.3) is 22.8 Å². The summed E-state index contributed by atoms with van der Waals surface area (Å²) >= 11 is 7.48. The summed E-state index contributed by atoms with van der Waals surface area (Å²) in [5.41, 5.74) is 1.73. The van der Waals surface area contributed by atoms with E-state index in [1.807, 2.05) is 41.0 Å². The molecule has 2 aromatic heterocycles. The fourth-order valence-corrected chi connectivity index (χ4v) is 3.99. The van der Waals surface area contributed by atoms with E-state index in [1.54, 1.807) is 20.3 Å². The molecule has 8 nitrogen and oxygen atoms in total. The fourth-order valence-electron chi connectivity index (χ4n) is 3.03. The third-order valence-corrected chi connectivity index (χ3v) is 5.77. The van der Waals surface area contributed by atoms with E-state index in [0.717, 1.165) is 28.7 Å². The molecule has 0 aliphatic heterocycles. The Bertz CT molecular complexity index is 1180. The number of hydrogen-bond acceptors (Lipinski definition) is 8. The summed E-state index contributed by atoms with van der Waals surface area (Å²) in [4.78, 5) is 4.49. The third kappa shape index (κ3) is 4.52. The minimum atomic E-state index is 0.471. The molecule has 0 unspecified atom stereocenters. The second-order valence-corrected chi connectivity index (χ2v) is 7.81. The summed E-state index contributed by atoms with van der Waals surface area (Å²) < 4.78 is 18.1.